The maximum Gasteiger partial charge on any atom is 0.352 e. The highest BCUT2D eigenvalue weighted by Gasteiger charge is 2.18. The van der Waals surface area contributed by atoms with Crippen molar-refractivity contribution in [2.24, 2.45) is 0 Å². The summed E-state index contributed by atoms with van der Waals surface area (Å²) < 4.78 is 8.00. The van der Waals surface area contributed by atoms with Crippen molar-refractivity contribution in [1.82, 2.24) is 4.57 Å². The Kier molecular flexibility index (Phi) is 5.81. The van der Waals surface area contributed by atoms with Crippen molar-refractivity contribution in [3.63, 3.8) is 0 Å². The lowest BCUT2D eigenvalue weighted by molar-refractivity contribution is 0.0685. The lowest BCUT2D eigenvalue weighted by atomic mass is 9.93. The summed E-state index contributed by atoms with van der Waals surface area (Å²) in [4.78, 5) is 12.1. The fraction of sp³-hybridized carbons (Fsp3) is 0.167. The number of ether oxygens (including phenoxy) is 1. The number of aromatic nitrogens is 1. The quantitative estimate of drug-likeness (QED) is 0.266. The Balaban J connectivity index is 1.44. The van der Waals surface area contributed by atoms with Crippen molar-refractivity contribution in [3.05, 3.63) is 102 Å². The molecule has 0 aliphatic rings. The monoisotopic (exact) mass is 449 g/mol. The van der Waals surface area contributed by atoms with Crippen LogP contribution >= 0.6 is 0 Å². The third-order valence-corrected chi connectivity index (χ3v) is 6.45. The van der Waals surface area contributed by atoms with Gasteiger partial charge in [0.05, 0.1) is 6.61 Å². The van der Waals surface area contributed by atoms with Gasteiger partial charge in [-0.05, 0) is 66.1 Å². The lowest BCUT2D eigenvalue weighted by Crippen LogP contribution is -2.11. The predicted molar refractivity (Wildman–Crippen MR) is 138 cm³/mol. The summed E-state index contributed by atoms with van der Waals surface area (Å²) in [5.41, 5.74) is 5.84. The first-order chi connectivity index (χ1) is 16.5. The third kappa shape index (κ3) is 3.92. The molecule has 0 aliphatic carbocycles. The Morgan fingerprint density at radius 2 is 1.56 bits per heavy atom. The summed E-state index contributed by atoms with van der Waals surface area (Å²) in [5.74, 6) is -0.0649. The highest BCUT2D eigenvalue weighted by atomic mass is 16.5. The molecule has 170 valence electrons. The van der Waals surface area contributed by atoms with E-state index >= 15 is 0 Å². The molecular formula is C30H27NO3. The number of aromatic carboxylic acids is 1. The second kappa shape index (κ2) is 9.06. The van der Waals surface area contributed by atoms with Crippen LogP contribution in [0.15, 0.2) is 84.9 Å². The van der Waals surface area contributed by atoms with Gasteiger partial charge < -0.3 is 14.4 Å². The Hall–Kier alpha value is -4.05. The fourth-order valence-electron chi connectivity index (χ4n) is 4.89. The second-order valence-corrected chi connectivity index (χ2v) is 8.67. The fourth-order valence-corrected chi connectivity index (χ4v) is 4.89. The SMILES string of the molecule is Cc1cccc(C)c1-c1cccc2c1cc(C(=O)O)n2CCCOc1cccc2ccccc12. The summed E-state index contributed by atoms with van der Waals surface area (Å²) in [7, 11) is 0. The van der Waals surface area contributed by atoms with Crippen LogP contribution in [0.4, 0.5) is 0 Å². The topological polar surface area (TPSA) is 51.5 Å². The minimum Gasteiger partial charge on any atom is -0.493 e. The number of carboxylic acids is 1. The van der Waals surface area contributed by atoms with Crippen LogP contribution in [0.2, 0.25) is 0 Å². The molecule has 0 radical (unpaired) electrons. The first-order valence-corrected chi connectivity index (χ1v) is 11.6. The molecule has 0 unspecified atom stereocenters. The number of carbonyl (C=O) groups is 1. The Morgan fingerprint density at radius 3 is 2.35 bits per heavy atom. The van der Waals surface area contributed by atoms with Crippen molar-refractivity contribution >= 4 is 27.6 Å². The number of nitrogens with zero attached hydrogens (tertiary/aromatic N) is 1. The molecule has 34 heavy (non-hydrogen) atoms. The van der Waals surface area contributed by atoms with E-state index in [1.54, 1.807) is 0 Å². The Bertz CT molecular complexity index is 1490. The maximum atomic E-state index is 12.1. The van der Waals surface area contributed by atoms with Gasteiger partial charge in [-0.15, -0.1) is 0 Å². The minimum atomic E-state index is -0.918. The van der Waals surface area contributed by atoms with Gasteiger partial charge in [0.15, 0.2) is 0 Å². The van der Waals surface area contributed by atoms with E-state index in [1.165, 1.54) is 16.7 Å². The maximum absolute atomic E-state index is 12.1. The van der Waals surface area contributed by atoms with Gasteiger partial charge in [0.2, 0.25) is 0 Å². The number of carboxylic acid groups (broad SMARTS) is 1. The van der Waals surface area contributed by atoms with E-state index in [-0.39, 0.29) is 0 Å². The van der Waals surface area contributed by atoms with Gasteiger partial charge in [-0.1, -0.05) is 66.7 Å². The molecule has 0 fully saturated rings. The molecular weight excluding hydrogens is 422 g/mol. The Labute approximate surface area is 199 Å². The highest BCUT2D eigenvalue weighted by molar-refractivity contribution is 6.02. The molecule has 0 amide bonds. The summed E-state index contributed by atoms with van der Waals surface area (Å²) in [6, 6.07) is 28.4. The van der Waals surface area contributed by atoms with Gasteiger partial charge >= 0.3 is 5.97 Å². The molecule has 0 spiro atoms. The second-order valence-electron chi connectivity index (χ2n) is 8.67. The number of hydrogen-bond donors (Lipinski definition) is 1. The van der Waals surface area contributed by atoms with Gasteiger partial charge in [-0.3, -0.25) is 0 Å². The van der Waals surface area contributed by atoms with E-state index in [0.29, 0.717) is 25.3 Å². The standard InChI is InChI=1S/C30H27NO3/c1-20-9-5-10-21(2)29(20)24-14-7-15-26-25(24)19-27(30(32)33)31(26)17-8-18-34-28-16-6-12-22-11-3-4-13-23(22)28/h3-7,9-16,19H,8,17-18H2,1-2H3,(H,32,33). The number of aryl methyl sites for hydroxylation is 3. The Morgan fingerprint density at radius 1 is 0.853 bits per heavy atom. The average molecular weight is 450 g/mol. The van der Waals surface area contributed by atoms with Crippen LogP contribution in [0.3, 0.4) is 0 Å². The van der Waals surface area contributed by atoms with Crippen LogP contribution in [-0.2, 0) is 6.54 Å². The molecule has 0 atom stereocenters. The molecule has 5 rings (SSSR count). The summed E-state index contributed by atoms with van der Waals surface area (Å²) in [6.07, 6.45) is 0.695. The number of rotatable bonds is 7. The largest absolute Gasteiger partial charge is 0.493 e. The van der Waals surface area contributed by atoms with E-state index in [4.69, 9.17) is 4.74 Å². The van der Waals surface area contributed by atoms with Crippen molar-refractivity contribution < 1.29 is 14.6 Å². The van der Waals surface area contributed by atoms with Crippen molar-refractivity contribution in [2.45, 2.75) is 26.8 Å². The van der Waals surface area contributed by atoms with Gasteiger partial charge in [0.25, 0.3) is 0 Å². The van der Waals surface area contributed by atoms with E-state index in [1.807, 2.05) is 47.0 Å². The molecule has 1 N–H and O–H groups in total. The molecule has 4 nitrogen and oxygen atoms in total. The van der Waals surface area contributed by atoms with Gasteiger partial charge in [-0.2, -0.15) is 0 Å². The zero-order valence-corrected chi connectivity index (χ0v) is 19.4. The van der Waals surface area contributed by atoms with Gasteiger partial charge in [0, 0.05) is 22.8 Å². The summed E-state index contributed by atoms with van der Waals surface area (Å²) in [6.45, 7) is 5.26. The lowest BCUT2D eigenvalue weighted by Gasteiger charge is -2.13. The number of fused-ring (bicyclic) bond motifs is 2. The van der Waals surface area contributed by atoms with E-state index < -0.39 is 5.97 Å². The smallest absolute Gasteiger partial charge is 0.352 e. The van der Waals surface area contributed by atoms with E-state index in [9.17, 15) is 9.90 Å². The molecule has 4 aromatic carbocycles. The molecule has 0 saturated heterocycles. The minimum absolute atomic E-state index is 0.304. The molecule has 1 heterocycles. The molecule has 5 aromatic rings. The molecule has 0 aliphatic heterocycles. The predicted octanol–water partition coefficient (Wildman–Crippen LogP) is 7.25. The molecule has 1 aromatic heterocycles. The highest BCUT2D eigenvalue weighted by Crippen LogP contribution is 2.35. The van der Waals surface area contributed by atoms with Gasteiger partial charge in [0.1, 0.15) is 11.4 Å². The normalized spacial score (nSPS) is 11.2. The van der Waals surface area contributed by atoms with Gasteiger partial charge in [-0.25, -0.2) is 4.79 Å². The van der Waals surface area contributed by atoms with Crippen LogP contribution in [0.1, 0.15) is 28.0 Å². The number of benzene rings is 4. The number of hydrogen-bond acceptors (Lipinski definition) is 2. The first kappa shape index (κ1) is 21.8. The van der Waals surface area contributed by atoms with Crippen LogP contribution < -0.4 is 4.74 Å². The van der Waals surface area contributed by atoms with Crippen LogP contribution in [0, 0.1) is 13.8 Å². The molecule has 0 bridgehead atoms. The van der Waals surface area contributed by atoms with Crippen molar-refractivity contribution in [3.8, 4) is 16.9 Å². The third-order valence-electron chi connectivity index (χ3n) is 6.45. The molecule has 4 heteroatoms. The summed E-state index contributed by atoms with van der Waals surface area (Å²) >= 11 is 0. The molecule has 0 saturated carbocycles. The first-order valence-electron chi connectivity index (χ1n) is 11.6. The van der Waals surface area contributed by atoms with Crippen LogP contribution in [0.25, 0.3) is 32.8 Å². The zero-order valence-electron chi connectivity index (χ0n) is 19.4. The average Bonchev–Trinajstić information content (AvgIpc) is 3.21. The van der Waals surface area contributed by atoms with Crippen molar-refractivity contribution in [1.29, 1.82) is 0 Å². The zero-order chi connectivity index (χ0) is 23.7. The summed E-state index contributed by atoms with van der Waals surface area (Å²) in [5, 5.41) is 13.1. The van der Waals surface area contributed by atoms with E-state index in [0.717, 1.165) is 33.0 Å². The van der Waals surface area contributed by atoms with Crippen LogP contribution in [0.5, 0.6) is 5.75 Å². The van der Waals surface area contributed by atoms with Crippen molar-refractivity contribution in [2.75, 3.05) is 6.61 Å². The van der Waals surface area contributed by atoms with E-state index in [2.05, 4.69) is 56.3 Å². The van der Waals surface area contributed by atoms with Crippen LogP contribution in [-0.4, -0.2) is 22.2 Å².